The van der Waals surface area contributed by atoms with Crippen LogP contribution in [0, 0.1) is 0 Å². The Morgan fingerprint density at radius 1 is 0.511 bits per heavy atom. The molecule has 1 aromatic carbocycles. The average Bonchev–Trinajstić information content (AvgIpc) is 3.02. The van der Waals surface area contributed by atoms with Gasteiger partial charge in [-0.05, 0) is 37.4 Å². The van der Waals surface area contributed by atoms with Crippen LogP contribution in [0.15, 0.2) is 29.2 Å². The van der Waals surface area contributed by atoms with Crippen LogP contribution in [0.5, 0.6) is 0 Å². The first-order valence-corrected chi connectivity index (χ1v) is 20.3. The summed E-state index contributed by atoms with van der Waals surface area (Å²) in [6.45, 7) is 7.30. The van der Waals surface area contributed by atoms with Gasteiger partial charge in [0.05, 0.1) is 18.1 Å². The predicted molar refractivity (Wildman–Crippen MR) is 193 cm³/mol. The minimum absolute atomic E-state index is 0.0645. The van der Waals surface area contributed by atoms with E-state index < -0.39 is 10.1 Å². The van der Waals surface area contributed by atoms with Gasteiger partial charge < -0.3 is 10.2 Å². The Morgan fingerprint density at radius 3 is 1.24 bits per heavy atom. The summed E-state index contributed by atoms with van der Waals surface area (Å²) in [7, 11) is -4.10. The molecule has 45 heavy (non-hydrogen) atoms. The summed E-state index contributed by atoms with van der Waals surface area (Å²) in [4.78, 5) is 2.21. The molecule has 0 fully saturated rings. The molecule has 6 nitrogen and oxygen atoms in total. The van der Waals surface area contributed by atoms with Crippen LogP contribution in [-0.2, 0) is 16.5 Å². The van der Waals surface area contributed by atoms with Crippen molar-refractivity contribution in [2.75, 3.05) is 32.8 Å². The fourth-order valence-electron chi connectivity index (χ4n) is 5.91. The first kappa shape index (κ1) is 44.0. The van der Waals surface area contributed by atoms with Gasteiger partial charge in [0.25, 0.3) is 10.1 Å². The fourth-order valence-corrected chi connectivity index (χ4v) is 6.67. The van der Waals surface area contributed by atoms with Crippen molar-refractivity contribution in [3.05, 3.63) is 29.8 Å². The number of aliphatic hydroxyl groups excluding tert-OH is 2. The number of hydrogen-bond donors (Lipinski definition) is 3. The van der Waals surface area contributed by atoms with Crippen LogP contribution in [0.25, 0.3) is 0 Å². The standard InChI is InChI=1S/C22H38O3S.C16H35NO2/c1-2-3-4-5-6-7-8-9-10-11-12-13-14-15-18-21-19-16-17-20-22(21)26(23,24)25;1-2-3-4-5-6-7-8-9-10-11-12-17(13-15-18)14-16-19/h16-17,19-20H,2-15,18H2,1H3,(H,23,24,25);18-19H,2-16H2,1H3. The van der Waals surface area contributed by atoms with E-state index in [9.17, 15) is 13.0 Å². The second-order valence-corrected chi connectivity index (χ2v) is 14.3. The Bertz CT molecular complexity index is 842. The van der Waals surface area contributed by atoms with Crippen LogP contribution in [-0.4, -0.2) is 60.9 Å². The second-order valence-electron chi connectivity index (χ2n) is 12.9. The minimum Gasteiger partial charge on any atom is -0.395 e. The molecular formula is C38H73NO5S. The molecule has 266 valence electrons. The van der Waals surface area contributed by atoms with E-state index in [-0.39, 0.29) is 18.1 Å². The summed E-state index contributed by atoms with van der Waals surface area (Å²) >= 11 is 0. The smallest absolute Gasteiger partial charge is 0.294 e. The molecule has 3 N–H and O–H groups in total. The fraction of sp³-hybridized carbons (Fsp3) is 0.842. The lowest BCUT2D eigenvalue weighted by molar-refractivity contribution is 0.159. The van der Waals surface area contributed by atoms with Gasteiger partial charge >= 0.3 is 0 Å². The Balaban J connectivity index is 0.000000907. The van der Waals surface area contributed by atoms with E-state index in [1.54, 1.807) is 12.1 Å². The molecule has 7 heteroatoms. The second kappa shape index (κ2) is 32.9. The molecule has 1 aromatic rings. The molecule has 0 spiro atoms. The highest BCUT2D eigenvalue weighted by Crippen LogP contribution is 2.19. The summed E-state index contributed by atoms with van der Waals surface area (Å²) in [6.07, 6.45) is 32.6. The molecule has 0 aliphatic rings. The molecule has 0 atom stereocenters. The normalized spacial score (nSPS) is 11.6. The molecule has 0 saturated carbocycles. The van der Waals surface area contributed by atoms with Crippen LogP contribution >= 0.6 is 0 Å². The van der Waals surface area contributed by atoms with Crippen molar-refractivity contribution in [3.8, 4) is 0 Å². The number of benzene rings is 1. The number of nitrogens with zero attached hydrogens (tertiary/aromatic N) is 1. The van der Waals surface area contributed by atoms with Crippen LogP contribution in [0.3, 0.4) is 0 Å². The zero-order chi connectivity index (χ0) is 33.3. The average molecular weight is 656 g/mol. The molecule has 0 bridgehead atoms. The third-order valence-electron chi connectivity index (χ3n) is 8.71. The van der Waals surface area contributed by atoms with Crippen molar-refractivity contribution in [2.24, 2.45) is 0 Å². The summed E-state index contributed by atoms with van der Waals surface area (Å²) < 4.78 is 32.0. The van der Waals surface area contributed by atoms with E-state index in [1.807, 2.05) is 6.07 Å². The van der Waals surface area contributed by atoms with E-state index in [4.69, 9.17) is 10.2 Å². The van der Waals surface area contributed by atoms with E-state index in [2.05, 4.69) is 18.7 Å². The highest BCUT2D eigenvalue weighted by Gasteiger charge is 2.13. The molecule has 1 rings (SSSR count). The lowest BCUT2D eigenvalue weighted by Crippen LogP contribution is -2.30. The number of aryl methyl sites for hydroxylation is 1. The molecule has 0 aromatic heterocycles. The predicted octanol–water partition coefficient (Wildman–Crippen LogP) is 10.2. The third kappa shape index (κ3) is 28.9. The van der Waals surface area contributed by atoms with Crippen LogP contribution in [0.1, 0.15) is 174 Å². The first-order valence-electron chi connectivity index (χ1n) is 18.9. The van der Waals surface area contributed by atoms with Crippen molar-refractivity contribution in [2.45, 2.75) is 179 Å². The molecular weight excluding hydrogens is 582 g/mol. The van der Waals surface area contributed by atoms with Gasteiger partial charge in [0, 0.05) is 13.1 Å². The third-order valence-corrected chi connectivity index (χ3v) is 9.66. The molecule has 0 aliphatic heterocycles. The number of unbranched alkanes of at least 4 members (excludes halogenated alkanes) is 22. The molecule has 0 unspecified atom stereocenters. The maximum Gasteiger partial charge on any atom is 0.294 e. The number of aliphatic hydroxyl groups is 2. The van der Waals surface area contributed by atoms with Crippen LogP contribution in [0.4, 0.5) is 0 Å². The van der Waals surface area contributed by atoms with Crippen molar-refractivity contribution in [3.63, 3.8) is 0 Å². The maximum absolute atomic E-state index is 11.4. The summed E-state index contributed by atoms with van der Waals surface area (Å²) in [6, 6.07) is 6.76. The van der Waals surface area contributed by atoms with Crippen LogP contribution < -0.4 is 0 Å². The molecule has 0 heterocycles. The van der Waals surface area contributed by atoms with Crippen molar-refractivity contribution >= 4 is 10.1 Å². The molecule has 0 amide bonds. The van der Waals surface area contributed by atoms with E-state index in [0.29, 0.717) is 19.5 Å². The zero-order valence-electron chi connectivity index (χ0n) is 29.5. The molecule has 0 saturated heterocycles. The van der Waals surface area contributed by atoms with Gasteiger partial charge in [-0.25, -0.2) is 0 Å². The summed E-state index contributed by atoms with van der Waals surface area (Å²) in [5, 5.41) is 17.8. The van der Waals surface area contributed by atoms with Gasteiger partial charge in [-0.15, -0.1) is 0 Å². The highest BCUT2D eigenvalue weighted by atomic mass is 32.2. The Kier molecular flexibility index (Phi) is 32.2. The van der Waals surface area contributed by atoms with E-state index in [0.717, 1.165) is 24.9 Å². The zero-order valence-corrected chi connectivity index (χ0v) is 30.4. The van der Waals surface area contributed by atoms with Crippen LogP contribution in [0.2, 0.25) is 0 Å². The topological polar surface area (TPSA) is 98.1 Å². The molecule has 0 radical (unpaired) electrons. The van der Waals surface area contributed by atoms with Crippen molar-refractivity contribution in [1.29, 1.82) is 0 Å². The Labute approximate surface area is 279 Å². The lowest BCUT2D eigenvalue weighted by atomic mass is 10.0. The minimum atomic E-state index is -4.10. The van der Waals surface area contributed by atoms with E-state index >= 15 is 0 Å². The van der Waals surface area contributed by atoms with Gasteiger partial charge in [0.1, 0.15) is 0 Å². The quantitative estimate of drug-likeness (QED) is 0.0544. The van der Waals surface area contributed by atoms with Crippen molar-refractivity contribution < 1.29 is 23.2 Å². The van der Waals surface area contributed by atoms with Crippen molar-refractivity contribution in [1.82, 2.24) is 4.90 Å². The van der Waals surface area contributed by atoms with Gasteiger partial charge in [-0.1, -0.05) is 173 Å². The van der Waals surface area contributed by atoms with Gasteiger partial charge in [0.15, 0.2) is 0 Å². The SMILES string of the molecule is CCCCCCCCCCCCCCCCc1ccccc1S(=O)(=O)O.CCCCCCCCCCCCN(CCO)CCO. The van der Waals surface area contributed by atoms with E-state index in [1.165, 1.54) is 147 Å². The Morgan fingerprint density at radius 2 is 0.867 bits per heavy atom. The van der Waals surface area contributed by atoms with Gasteiger partial charge in [0.2, 0.25) is 0 Å². The lowest BCUT2D eigenvalue weighted by Gasteiger charge is -2.19. The molecule has 0 aliphatic carbocycles. The largest absolute Gasteiger partial charge is 0.395 e. The first-order chi connectivity index (χ1) is 21.9. The number of hydrogen-bond acceptors (Lipinski definition) is 5. The summed E-state index contributed by atoms with van der Waals surface area (Å²) in [5.74, 6) is 0. The highest BCUT2D eigenvalue weighted by molar-refractivity contribution is 7.85. The maximum atomic E-state index is 11.4. The monoisotopic (exact) mass is 656 g/mol. The number of rotatable bonds is 31. The van der Waals surface area contributed by atoms with Gasteiger partial charge in [-0.3, -0.25) is 9.45 Å². The Hall–Kier alpha value is -0.990. The summed E-state index contributed by atoms with van der Waals surface area (Å²) in [5.41, 5.74) is 0.730. The van der Waals surface area contributed by atoms with Gasteiger partial charge in [-0.2, -0.15) is 8.42 Å².